The Kier molecular flexibility index (Phi) is 5.97. The predicted molar refractivity (Wildman–Crippen MR) is 94.3 cm³/mol. The number of nitrogens with zero attached hydrogens (tertiary/aromatic N) is 1. The average Bonchev–Trinajstić information content (AvgIpc) is 2.76. The third-order valence-corrected chi connectivity index (χ3v) is 3.99. The van der Waals surface area contributed by atoms with Gasteiger partial charge in [-0.15, -0.1) is 0 Å². The third-order valence-electron chi connectivity index (χ3n) is 3.99. The fraction of sp³-hybridized carbons (Fsp3) is 0.444. The second kappa shape index (κ2) is 7.99. The standard InChI is InChI=1S/C18H23N3O5/c1-12-7-4-5-8-13(12)19-14(22)11-26-15(23)9-6-10-21-16(24)18(2,3)20-17(21)25/h4-5,7-8H,6,9-11H2,1-3H3,(H,19,22)(H,20,25). The lowest BCUT2D eigenvalue weighted by atomic mass is 10.1. The quantitative estimate of drug-likeness (QED) is 0.567. The van der Waals surface area contributed by atoms with Crippen LogP contribution in [0.2, 0.25) is 0 Å². The van der Waals surface area contributed by atoms with Gasteiger partial charge in [0.25, 0.3) is 11.8 Å². The first-order valence-electron chi connectivity index (χ1n) is 8.36. The number of hydrogen-bond donors (Lipinski definition) is 2. The van der Waals surface area contributed by atoms with Crippen molar-refractivity contribution >= 4 is 29.5 Å². The number of imide groups is 1. The minimum Gasteiger partial charge on any atom is -0.456 e. The molecule has 0 unspecified atom stereocenters. The van der Waals surface area contributed by atoms with Crippen molar-refractivity contribution < 1.29 is 23.9 Å². The lowest BCUT2D eigenvalue weighted by Crippen LogP contribution is -2.40. The summed E-state index contributed by atoms with van der Waals surface area (Å²) in [7, 11) is 0. The summed E-state index contributed by atoms with van der Waals surface area (Å²) in [5.74, 6) is -1.31. The number of carbonyl (C=O) groups excluding carboxylic acids is 4. The lowest BCUT2D eigenvalue weighted by molar-refractivity contribution is -0.147. The summed E-state index contributed by atoms with van der Waals surface area (Å²) in [4.78, 5) is 48.3. The SMILES string of the molecule is Cc1ccccc1NC(=O)COC(=O)CCCN1C(=O)NC(C)(C)C1=O. The summed E-state index contributed by atoms with van der Waals surface area (Å²) in [5, 5.41) is 5.23. The highest BCUT2D eigenvalue weighted by Crippen LogP contribution is 2.17. The Labute approximate surface area is 151 Å². The molecule has 0 spiro atoms. The van der Waals surface area contributed by atoms with E-state index in [1.165, 1.54) is 0 Å². The number of anilines is 1. The van der Waals surface area contributed by atoms with E-state index < -0.39 is 23.4 Å². The maximum Gasteiger partial charge on any atom is 0.325 e. The van der Waals surface area contributed by atoms with Crippen LogP contribution in [0.3, 0.4) is 0 Å². The van der Waals surface area contributed by atoms with Crippen molar-refractivity contribution in [3.8, 4) is 0 Å². The van der Waals surface area contributed by atoms with Gasteiger partial charge in [-0.2, -0.15) is 0 Å². The van der Waals surface area contributed by atoms with E-state index in [2.05, 4.69) is 10.6 Å². The number of urea groups is 1. The number of amides is 4. The van der Waals surface area contributed by atoms with Crippen LogP contribution in [-0.2, 0) is 19.1 Å². The topological polar surface area (TPSA) is 105 Å². The molecular weight excluding hydrogens is 338 g/mol. The summed E-state index contributed by atoms with van der Waals surface area (Å²) in [6, 6.07) is 6.81. The van der Waals surface area contributed by atoms with Gasteiger partial charge in [0.15, 0.2) is 6.61 Å². The number of benzene rings is 1. The molecule has 1 aromatic rings. The highest BCUT2D eigenvalue weighted by Gasteiger charge is 2.43. The number of aryl methyl sites for hydroxylation is 1. The molecule has 8 heteroatoms. The zero-order chi connectivity index (χ0) is 19.3. The molecule has 1 saturated heterocycles. The average molecular weight is 361 g/mol. The van der Waals surface area contributed by atoms with Gasteiger partial charge in [0.05, 0.1) is 0 Å². The van der Waals surface area contributed by atoms with Crippen LogP contribution >= 0.6 is 0 Å². The molecule has 0 saturated carbocycles. The van der Waals surface area contributed by atoms with Crippen LogP contribution < -0.4 is 10.6 Å². The van der Waals surface area contributed by atoms with Gasteiger partial charge < -0.3 is 15.4 Å². The molecule has 0 bridgehead atoms. The van der Waals surface area contributed by atoms with E-state index in [-0.39, 0.29) is 31.9 Å². The van der Waals surface area contributed by atoms with Crippen molar-refractivity contribution in [3.63, 3.8) is 0 Å². The number of rotatable bonds is 7. The van der Waals surface area contributed by atoms with E-state index in [1.807, 2.05) is 19.1 Å². The molecule has 0 aromatic heterocycles. The van der Waals surface area contributed by atoms with Gasteiger partial charge in [-0.25, -0.2) is 4.79 Å². The monoisotopic (exact) mass is 361 g/mol. The number of carbonyl (C=O) groups is 4. The van der Waals surface area contributed by atoms with Gasteiger partial charge >= 0.3 is 12.0 Å². The lowest BCUT2D eigenvalue weighted by Gasteiger charge is -2.15. The fourth-order valence-corrected chi connectivity index (χ4v) is 2.52. The summed E-state index contributed by atoms with van der Waals surface area (Å²) in [5.41, 5.74) is 0.643. The van der Waals surface area contributed by atoms with Crippen LogP contribution in [-0.4, -0.2) is 47.4 Å². The van der Waals surface area contributed by atoms with E-state index in [0.717, 1.165) is 10.5 Å². The Morgan fingerprint density at radius 1 is 1.23 bits per heavy atom. The minimum atomic E-state index is -0.925. The molecule has 1 aliphatic rings. The van der Waals surface area contributed by atoms with Gasteiger partial charge in [0, 0.05) is 18.7 Å². The van der Waals surface area contributed by atoms with Crippen molar-refractivity contribution in [1.82, 2.24) is 10.2 Å². The number of para-hydroxylation sites is 1. The Morgan fingerprint density at radius 2 is 1.92 bits per heavy atom. The molecule has 2 N–H and O–H groups in total. The van der Waals surface area contributed by atoms with Crippen LogP contribution in [0.5, 0.6) is 0 Å². The van der Waals surface area contributed by atoms with E-state index in [0.29, 0.717) is 5.69 Å². The maximum atomic E-state index is 12.0. The Bertz CT molecular complexity index is 729. The summed E-state index contributed by atoms with van der Waals surface area (Å²) in [6.07, 6.45) is 0.280. The van der Waals surface area contributed by atoms with Crippen molar-refractivity contribution in [3.05, 3.63) is 29.8 Å². The largest absolute Gasteiger partial charge is 0.456 e. The maximum absolute atomic E-state index is 12.0. The van der Waals surface area contributed by atoms with Crippen molar-refractivity contribution in [2.24, 2.45) is 0 Å². The van der Waals surface area contributed by atoms with E-state index >= 15 is 0 Å². The Balaban J connectivity index is 1.69. The van der Waals surface area contributed by atoms with Crippen molar-refractivity contribution in [1.29, 1.82) is 0 Å². The molecular formula is C18H23N3O5. The number of hydrogen-bond acceptors (Lipinski definition) is 5. The van der Waals surface area contributed by atoms with Crippen LogP contribution in [0.4, 0.5) is 10.5 Å². The first-order valence-corrected chi connectivity index (χ1v) is 8.36. The summed E-state index contributed by atoms with van der Waals surface area (Å²) >= 11 is 0. The molecule has 4 amide bonds. The van der Waals surface area contributed by atoms with Crippen LogP contribution in [0.15, 0.2) is 24.3 Å². The second-order valence-corrected chi connectivity index (χ2v) is 6.64. The molecule has 8 nitrogen and oxygen atoms in total. The van der Waals surface area contributed by atoms with Crippen LogP contribution in [0, 0.1) is 6.92 Å². The van der Waals surface area contributed by atoms with E-state index in [1.54, 1.807) is 26.0 Å². The predicted octanol–water partition coefficient (Wildman–Crippen LogP) is 1.59. The molecule has 0 aliphatic carbocycles. The molecule has 0 atom stereocenters. The number of nitrogens with one attached hydrogen (secondary N) is 2. The summed E-state index contributed by atoms with van der Waals surface area (Å²) < 4.78 is 4.92. The van der Waals surface area contributed by atoms with Crippen molar-refractivity contribution in [2.45, 2.75) is 39.2 Å². The van der Waals surface area contributed by atoms with Gasteiger partial charge in [-0.1, -0.05) is 18.2 Å². The first-order chi connectivity index (χ1) is 12.2. The normalized spacial score (nSPS) is 15.6. The Hall–Kier alpha value is -2.90. The van der Waals surface area contributed by atoms with Crippen LogP contribution in [0.25, 0.3) is 0 Å². The number of ether oxygens (including phenoxy) is 1. The second-order valence-electron chi connectivity index (χ2n) is 6.64. The summed E-state index contributed by atoms with van der Waals surface area (Å²) in [6.45, 7) is 4.84. The first kappa shape index (κ1) is 19.4. The van der Waals surface area contributed by atoms with Gasteiger partial charge in [0.2, 0.25) is 0 Å². The molecule has 0 radical (unpaired) electrons. The van der Waals surface area contributed by atoms with E-state index in [9.17, 15) is 19.2 Å². The highest BCUT2D eigenvalue weighted by molar-refractivity contribution is 6.06. The molecule has 26 heavy (non-hydrogen) atoms. The molecule has 2 rings (SSSR count). The molecule has 1 fully saturated rings. The van der Waals surface area contributed by atoms with Gasteiger partial charge in [0.1, 0.15) is 5.54 Å². The zero-order valence-corrected chi connectivity index (χ0v) is 15.1. The Morgan fingerprint density at radius 3 is 2.54 bits per heavy atom. The molecule has 1 aliphatic heterocycles. The minimum absolute atomic E-state index is 0.00906. The van der Waals surface area contributed by atoms with Crippen molar-refractivity contribution in [2.75, 3.05) is 18.5 Å². The molecule has 140 valence electrons. The number of esters is 1. The van der Waals surface area contributed by atoms with E-state index in [4.69, 9.17) is 4.74 Å². The highest BCUT2D eigenvalue weighted by atomic mass is 16.5. The molecule has 1 aromatic carbocycles. The third kappa shape index (κ3) is 4.81. The molecule has 1 heterocycles. The zero-order valence-electron chi connectivity index (χ0n) is 15.1. The van der Waals surface area contributed by atoms with Gasteiger partial charge in [-0.3, -0.25) is 19.3 Å². The van der Waals surface area contributed by atoms with Crippen LogP contribution in [0.1, 0.15) is 32.3 Å². The van der Waals surface area contributed by atoms with Gasteiger partial charge in [-0.05, 0) is 38.8 Å². The smallest absolute Gasteiger partial charge is 0.325 e. The fourth-order valence-electron chi connectivity index (χ4n) is 2.52.